The Balaban J connectivity index is 5.67. The van der Waals surface area contributed by atoms with Gasteiger partial charge in [0.05, 0.1) is 14.2 Å². The van der Waals surface area contributed by atoms with Gasteiger partial charge in [-0.25, -0.2) is 0 Å². The van der Waals surface area contributed by atoms with Crippen molar-refractivity contribution in [3.8, 4) is 0 Å². The fourth-order valence-corrected chi connectivity index (χ4v) is 1.34. The maximum atomic E-state index is 5.28. The number of hydrogen-bond donors (Lipinski definition) is 0. The molecule has 0 rings (SSSR count). The molecule has 0 fully saturated rings. The number of hydrogen-bond acceptors (Lipinski definition) is 2. The van der Waals surface area contributed by atoms with Crippen LogP contribution < -0.4 is 0 Å². The molecule has 0 amide bonds. The molecule has 0 atom stereocenters. The van der Waals surface area contributed by atoms with Gasteiger partial charge in [-0.05, 0) is 19.9 Å². The van der Waals surface area contributed by atoms with Crippen molar-refractivity contribution in [2.24, 2.45) is 0 Å². The first-order valence-corrected chi connectivity index (χ1v) is 5.09. The van der Waals surface area contributed by atoms with E-state index in [0.717, 1.165) is 16.9 Å². The van der Waals surface area contributed by atoms with E-state index in [9.17, 15) is 0 Å². The smallest absolute Gasteiger partial charge is 0.122 e. The van der Waals surface area contributed by atoms with Crippen LogP contribution in [0.3, 0.4) is 0 Å². The third-order valence-electron chi connectivity index (χ3n) is 2.12. The van der Waals surface area contributed by atoms with Gasteiger partial charge < -0.3 is 9.47 Å². The first kappa shape index (κ1) is 14.3. The maximum Gasteiger partial charge on any atom is 0.122 e. The SMILES string of the molecule is C=CC(=C(\C=C/C)C(=C)OC)/C(=C\C)OC. The summed E-state index contributed by atoms with van der Waals surface area (Å²) < 4.78 is 10.4. The van der Waals surface area contributed by atoms with Crippen molar-refractivity contribution < 1.29 is 9.47 Å². The Morgan fingerprint density at radius 2 is 1.69 bits per heavy atom. The quantitative estimate of drug-likeness (QED) is 0.501. The molecule has 0 saturated heterocycles. The molecule has 16 heavy (non-hydrogen) atoms. The predicted molar refractivity (Wildman–Crippen MR) is 69.0 cm³/mol. The van der Waals surface area contributed by atoms with Gasteiger partial charge in [0.25, 0.3) is 0 Å². The summed E-state index contributed by atoms with van der Waals surface area (Å²) in [5, 5.41) is 0. The largest absolute Gasteiger partial charge is 0.497 e. The summed E-state index contributed by atoms with van der Waals surface area (Å²) in [5.74, 6) is 1.34. The van der Waals surface area contributed by atoms with Crippen LogP contribution in [-0.2, 0) is 9.47 Å². The zero-order chi connectivity index (χ0) is 12.6. The highest BCUT2D eigenvalue weighted by atomic mass is 16.5. The zero-order valence-corrected chi connectivity index (χ0v) is 10.5. The van der Waals surface area contributed by atoms with Crippen molar-refractivity contribution in [2.45, 2.75) is 13.8 Å². The molecule has 0 aromatic rings. The molecule has 88 valence electrons. The fourth-order valence-electron chi connectivity index (χ4n) is 1.34. The Kier molecular flexibility index (Phi) is 6.77. The molecule has 0 N–H and O–H groups in total. The van der Waals surface area contributed by atoms with Crippen LogP contribution in [0.2, 0.25) is 0 Å². The number of ether oxygens (including phenoxy) is 2. The molecule has 0 radical (unpaired) electrons. The van der Waals surface area contributed by atoms with E-state index in [4.69, 9.17) is 9.47 Å². The van der Waals surface area contributed by atoms with E-state index in [-0.39, 0.29) is 0 Å². The lowest BCUT2D eigenvalue weighted by atomic mass is 10.0. The third-order valence-corrected chi connectivity index (χ3v) is 2.12. The predicted octanol–water partition coefficient (Wildman–Crippen LogP) is 3.76. The van der Waals surface area contributed by atoms with Gasteiger partial charge in [0.2, 0.25) is 0 Å². The highest BCUT2D eigenvalue weighted by molar-refractivity contribution is 5.50. The minimum absolute atomic E-state index is 0.587. The van der Waals surface area contributed by atoms with Gasteiger partial charge in [-0.1, -0.05) is 31.4 Å². The summed E-state index contributed by atoms with van der Waals surface area (Å²) >= 11 is 0. The van der Waals surface area contributed by atoms with Gasteiger partial charge >= 0.3 is 0 Å². The van der Waals surface area contributed by atoms with Crippen LogP contribution in [0, 0.1) is 0 Å². The van der Waals surface area contributed by atoms with Crippen LogP contribution in [0.15, 0.2) is 60.1 Å². The monoisotopic (exact) mass is 220 g/mol. The van der Waals surface area contributed by atoms with E-state index in [1.54, 1.807) is 20.3 Å². The molecule has 0 bridgehead atoms. The first-order chi connectivity index (χ1) is 7.65. The second-order valence-electron chi connectivity index (χ2n) is 3.02. The Bertz CT molecular complexity index is 344. The third kappa shape index (κ3) is 3.46. The summed E-state index contributed by atoms with van der Waals surface area (Å²) in [6, 6.07) is 0. The summed E-state index contributed by atoms with van der Waals surface area (Å²) in [6.07, 6.45) is 7.46. The Morgan fingerprint density at radius 1 is 1.06 bits per heavy atom. The lowest BCUT2D eigenvalue weighted by Crippen LogP contribution is -1.98. The standard InChI is InChI=1S/C14H20O2/c1-7-10-13(11(4)15-5)12(8-2)14(9-3)16-6/h7-10H,2,4H2,1,3,5-6H3/b10-7-,13-12-,14-9+. The summed E-state index contributed by atoms with van der Waals surface area (Å²) in [6.45, 7) is 11.5. The van der Waals surface area contributed by atoms with E-state index in [0.29, 0.717) is 5.76 Å². The van der Waals surface area contributed by atoms with Crippen LogP contribution in [0.5, 0.6) is 0 Å². The molecule has 0 spiro atoms. The molecular formula is C14H20O2. The molecule has 0 aliphatic rings. The highest BCUT2D eigenvalue weighted by Crippen LogP contribution is 2.23. The molecule has 2 nitrogen and oxygen atoms in total. The van der Waals surface area contributed by atoms with E-state index in [1.807, 2.05) is 32.1 Å². The number of allylic oxidation sites excluding steroid dienone is 4. The van der Waals surface area contributed by atoms with Crippen LogP contribution in [0.1, 0.15) is 13.8 Å². The van der Waals surface area contributed by atoms with Gasteiger partial charge in [-0.3, -0.25) is 0 Å². The van der Waals surface area contributed by atoms with Crippen LogP contribution >= 0.6 is 0 Å². The van der Waals surface area contributed by atoms with Crippen molar-refractivity contribution in [1.29, 1.82) is 0 Å². The molecule has 2 heteroatoms. The molecule has 0 saturated carbocycles. The molecule has 0 aliphatic heterocycles. The van der Waals surface area contributed by atoms with E-state index in [1.165, 1.54) is 0 Å². The van der Waals surface area contributed by atoms with Crippen molar-refractivity contribution in [1.82, 2.24) is 0 Å². The van der Waals surface area contributed by atoms with E-state index < -0.39 is 0 Å². The topological polar surface area (TPSA) is 18.5 Å². The zero-order valence-electron chi connectivity index (χ0n) is 10.5. The summed E-state index contributed by atoms with van der Waals surface area (Å²) in [5.41, 5.74) is 1.74. The average Bonchev–Trinajstić information content (AvgIpc) is 2.32. The van der Waals surface area contributed by atoms with Crippen molar-refractivity contribution in [3.05, 3.63) is 60.1 Å². The minimum Gasteiger partial charge on any atom is -0.497 e. The Labute approximate surface area is 98.3 Å². The molecule has 0 aromatic heterocycles. The average molecular weight is 220 g/mol. The highest BCUT2D eigenvalue weighted by Gasteiger charge is 2.09. The minimum atomic E-state index is 0.587. The van der Waals surface area contributed by atoms with E-state index >= 15 is 0 Å². The second-order valence-corrected chi connectivity index (χ2v) is 3.02. The van der Waals surface area contributed by atoms with Gasteiger partial charge in [0, 0.05) is 11.1 Å². The molecule has 0 aliphatic carbocycles. The lowest BCUT2D eigenvalue weighted by Gasteiger charge is -2.13. The van der Waals surface area contributed by atoms with Crippen LogP contribution in [0.4, 0.5) is 0 Å². The van der Waals surface area contributed by atoms with E-state index in [2.05, 4.69) is 13.2 Å². The Morgan fingerprint density at radius 3 is 2.00 bits per heavy atom. The second kappa shape index (κ2) is 7.57. The normalized spacial score (nSPS) is 13.4. The molecule has 0 aromatic carbocycles. The van der Waals surface area contributed by atoms with Gasteiger partial charge in [-0.15, -0.1) is 0 Å². The molecule has 0 heterocycles. The lowest BCUT2D eigenvalue weighted by molar-refractivity contribution is 0.293. The molecule has 0 unspecified atom stereocenters. The number of methoxy groups -OCH3 is 2. The van der Waals surface area contributed by atoms with Gasteiger partial charge in [0.15, 0.2) is 0 Å². The van der Waals surface area contributed by atoms with Gasteiger partial charge in [-0.2, -0.15) is 0 Å². The van der Waals surface area contributed by atoms with Crippen molar-refractivity contribution in [3.63, 3.8) is 0 Å². The maximum absolute atomic E-state index is 5.28. The van der Waals surface area contributed by atoms with Gasteiger partial charge in [0.1, 0.15) is 11.5 Å². The van der Waals surface area contributed by atoms with Crippen LogP contribution in [0.25, 0.3) is 0 Å². The van der Waals surface area contributed by atoms with Crippen molar-refractivity contribution in [2.75, 3.05) is 14.2 Å². The first-order valence-electron chi connectivity index (χ1n) is 5.09. The fraction of sp³-hybridized carbons (Fsp3) is 0.286. The van der Waals surface area contributed by atoms with Crippen LogP contribution in [-0.4, -0.2) is 14.2 Å². The number of rotatable bonds is 6. The molecular weight excluding hydrogens is 200 g/mol. The summed E-state index contributed by atoms with van der Waals surface area (Å²) in [7, 11) is 3.22. The Hall–Kier alpha value is -1.70. The summed E-state index contributed by atoms with van der Waals surface area (Å²) in [4.78, 5) is 0. The van der Waals surface area contributed by atoms with Crippen molar-refractivity contribution >= 4 is 0 Å².